The van der Waals surface area contributed by atoms with Gasteiger partial charge in [-0.25, -0.2) is 0 Å². The van der Waals surface area contributed by atoms with E-state index < -0.39 is 0 Å². The van der Waals surface area contributed by atoms with Gasteiger partial charge in [-0.1, -0.05) is 51.1 Å². The van der Waals surface area contributed by atoms with Gasteiger partial charge >= 0.3 is 0 Å². The lowest BCUT2D eigenvalue weighted by atomic mass is 9.86. The van der Waals surface area contributed by atoms with Gasteiger partial charge in [0.2, 0.25) is 5.91 Å². The smallest absolute Gasteiger partial charge is 0.224 e. The van der Waals surface area contributed by atoms with Crippen LogP contribution < -0.4 is 11.1 Å². The molecule has 0 radical (unpaired) electrons. The Hall–Kier alpha value is -2.29. The predicted molar refractivity (Wildman–Crippen MR) is 97.7 cm³/mol. The molecule has 0 aliphatic rings. The van der Waals surface area contributed by atoms with Gasteiger partial charge in [0.05, 0.1) is 0 Å². The van der Waals surface area contributed by atoms with E-state index in [4.69, 9.17) is 5.73 Å². The zero-order chi connectivity index (χ0) is 17.0. The maximum absolute atomic E-state index is 12.1. The molecule has 3 heteroatoms. The van der Waals surface area contributed by atoms with Crippen molar-refractivity contribution in [2.45, 2.75) is 46.0 Å². The summed E-state index contributed by atoms with van der Waals surface area (Å²) < 4.78 is 0. The molecule has 0 saturated carbocycles. The highest BCUT2D eigenvalue weighted by molar-refractivity contribution is 5.92. The van der Waals surface area contributed by atoms with Crippen LogP contribution in [0.2, 0.25) is 0 Å². The Morgan fingerprint density at radius 1 is 1.09 bits per heavy atom. The van der Waals surface area contributed by atoms with Crippen molar-refractivity contribution in [2.75, 3.05) is 11.1 Å². The molecule has 122 valence electrons. The Balaban J connectivity index is 1.93. The molecule has 0 aliphatic carbocycles. The van der Waals surface area contributed by atoms with Crippen LogP contribution in [0.5, 0.6) is 0 Å². The second-order valence-electron chi connectivity index (χ2n) is 7.07. The molecule has 1 amide bonds. The summed E-state index contributed by atoms with van der Waals surface area (Å²) in [6, 6.07) is 14.1. The lowest BCUT2D eigenvalue weighted by Gasteiger charge is -2.19. The zero-order valence-corrected chi connectivity index (χ0v) is 14.4. The van der Waals surface area contributed by atoms with Crippen LogP contribution >= 0.6 is 0 Å². The molecule has 2 aromatic rings. The summed E-state index contributed by atoms with van der Waals surface area (Å²) in [6.45, 7) is 8.55. The molecule has 0 spiro atoms. The average molecular weight is 310 g/mol. The molecule has 0 aliphatic heterocycles. The second-order valence-corrected chi connectivity index (χ2v) is 7.07. The first-order valence-electron chi connectivity index (χ1n) is 8.01. The van der Waals surface area contributed by atoms with Crippen molar-refractivity contribution in [1.82, 2.24) is 0 Å². The highest BCUT2D eigenvalue weighted by Crippen LogP contribution is 2.23. The van der Waals surface area contributed by atoms with Crippen molar-refractivity contribution in [2.24, 2.45) is 0 Å². The number of amides is 1. The number of nitrogens with one attached hydrogen (secondary N) is 1. The van der Waals surface area contributed by atoms with E-state index in [1.807, 2.05) is 19.1 Å². The fraction of sp³-hybridized carbons (Fsp3) is 0.350. The summed E-state index contributed by atoms with van der Waals surface area (Å²) in [5.41, 5.74) is 10.9. The van der Waals surface area contributed by atoms with E-state index in [1.165, 1.54) is 11.1 Å². The molecule has 0 aromatic heterocycles. The van der Waals surface area contributed by atoms with Crippen LogP contribution in [-0.2, 0) is 16.6 Å². The fourth-order valence-corrected chi connectivity index (χ4v) is 2.42. The van der Waals surface area contributed by atoms with Gasteiger partial charge in [-0.05, 0) is 47.6 Å². The van der Waals surface area contributed by atoms with Gasteiger partial charge in [0.25, 0.3) is 0 Å². The van der Waals surface area contributed by atoms with Gasteiger partial charge in [-0.3, -0.25) is 4.79 Å². The molecule has 2 aromatic carbocycles. The van der Waals surface area contributed by atoms with Crippen molar-refractivity contribution in [1.29, 1.82) is 0 Å². The van der Waals surface area contributed by atoms with Crippen molar-refractivity contribution in [3.63, 3.8) is 0 Å². The highest BCUT2D eigenvalue weighted by Gasteiger charge is 2.13. The minimum absolute atomic E-state index is 0.0126. The topological polar surface area (TPSA) is 55.1 Å². The Bertz CT molecular complexity index is 682. The van der Waals surface area contributed by atoms with Gasteiger partial charge in [-0.15, -0.1) is 0 Å². The Morgan fingerprint density at radius 3 is 2.35 bits per heavy atom. The first-order valence-corrected chi connectivity index (χ1v) is 8.01. The molecule has 0 atom stereocenters. The molecule has 2 rings (SSSR count). The Labute approximate surface area is 138 Å². The van der Waals surface area contributed by atoms with Gasteiger partial charge in [0.1, 0.15) is 0 Å². The van der Waals surface area contributed by atoms with Crippen LogP contribution in [0.4, 0.5) is 11.4 Å². The third-order valence-electron chi connectivity index (χ3n) is 4.00. The van der Waals surface area contributed by atoms with Crippen molar-refractivity contribution in [3.8, 4) is 0 Å². The van der Waals surface area contributed by atoms with Crippen molar-refractivity contribution < 1.29 is 4.79 Å². The number of carbonyl (C=O) groups excluding carboxylic acids is 1. The SMILES string of the molecule is Cc1ccc(N)cc1NC(=O)CCc1ccc(C(C)(C)C)cc1. The number of benzene rings is 2. The molecular weight excluding hydrogens is 284 g/mol. The average Bonchev–Trinajstić information content (AvgIpc) is 2.48. The number of anilines is 2. The molecular formula is C20H26N2O. The second kappa shape index (κ2) is 6.86. The quantitative estimate of drug-likeness (QED) is 0.820. The fourth-order valence-electron chi connectivity index (χ4n) is 2.42. The normalized spacial score (nSPS) is 11.3. The maximum atomic E-state index is 12.1. The summed E-state index contributed by atoms with van der Waals surface area (Å²) in [5, 5.41) is 2.94. The van der Waals surface area contributed by atoms with E-state index in [0.29, 0.717) is 12.1 Å². The van der Waals surface area contributed by atoms with Gasteiger partial charge in [0, 0.05) is 17.8 Å². The predicted octanol–water partition coefficient (Wildman–Crippen LogP) is 4.45. The first-order chi connectivity index (χ1) is 10.8. The van der Waals surface area contributed by atoms with Crippen LogP contribution in [0.1, 0.15) is 43.9 Å². The largest absolute Gasteiger partial charge is 0.399 e. The van der Waals surface area contributed by atoms with Gasteiger partial charge in [-0.2, -0.15) is 0 Å². The zero-order valence-electron chi connectivity index (χ0n) is 14.4. The van der Waals surface area contributed by atoms with Crippen LogP contribution in [0.15, 0.2) is 42.5 Å². The molecule has 3 nitrogen and oxygen atoms in total. The monoisotopic (exact) mass is 310 g/mol. The van der Waals surface area contributed by atoms with Crippen LogP contribution in [-0.4, -0.2) is 5.91 Å². The molecule has 0 fully saturated rings. The van der Waals surface area contributed by atoms with E-state index in [1.54, 1.807) is 6.07 Å². The van der Waals surface area contributed by atoms with E-state index >= 15 is 0 Å². The van der Waals surface area contributed by atoms with Crippen LogP contribution in [0.25, 0.3) is 0 Å². The van der Waals surface area contributed by atoms with Crippen molar-refractivity contribution >= 4 is 17.3 Å². The third-order valence-corrected chi connectivity index (χ3v) is 4.00. The minimum Gasteiger partial charge on any atom is -0.399 e. The van der Waals surface area contributed by atoms with Crippen LogP contribution in [0.3, 0.4) is 0 Å². The third kappa shape index (κ3) is 4.85. The van der Waals surface area contributed by atoms with E-state index in [2.05, 4.69) is 50.4 Å². The lowest BCUT2D eigenvalue weighted by molar-refractivity contribution is -0.116. The molecule has 0 saturated heterocycles. The summed E-state index contributed by atoms with van der Waals surface area (Å²) in [6.07, 6.45) is 1.20. The van der Waals surface area contributed by atoms with E-state index in [-0.39, 0.29) is 11.3 Å². The molecule has 0 bridgehead atoms. The standard InChI is InChI=1S/C20H26N2O/c1-14-5-11-17(21)13-18(14)22-19(23)12-8-15-6-9-16(10-7-15)20(2,3)4/h5-7,9-11,13H,8,12,21H2,1-4H3,(H,22,23). The Morgan fingerprint density at radius 2 is 1.74 bits per heavy atom. The summed E-state index contributed by atoms with van der Waals surface area (Å²) >= 11 is 0. The summed E-state index contributed by atoms with van der Waals surface area (Å²) in [7, 11) is 0. The summed E-state index contributed by atoms with van der Waals surface area (Å²) in [4.78, 5) is 12.1. The molecule has 3 N–H and O–H groups in total. The number of nitrogens with two attached hydrogens (primary N) is 1. The minimum atomic E-state index is 0.0126. The number of rotatable bonds is 4. The van der Waals surface area contributed by atoms with Gasteiger partial charge in [0.15, 0.2) is 0 Å². The van der Waals surface area contributed by atoms with Gasteiger partial charge < -0.3 is 11.1 Å². The van der Waals surface area contributed by atoms with E-state index in [0.717, 1.165) is 17.7 Å². The number of nitrogen functional groups attached to an aromatic ring is 1. The summed E-state index contributed by atoms with van der Waals surface area (Å²) in [5.74, 6) is 0.0126. The number of hydrogen-bond donors (Lipinski definition) is 2. The maximum Gasteiger partial charge on any atom is 0.224 e. The van der Waals surface area contributed by atoms with E-state index in [9.17, 15) is 4.79 Å². The lowest BCUT2D eigenvalue weighted by Crippen LogP contribution is -2.14. The highest BCUT2D eigenvalue weighted by atomic mass is 16.1. The molecule has 0 heterocycles. The molecule has 23 heavy (non-hydrogen) atoms. The Kier molecular flexibility index (Phi) is 5.09. The number of hydrogen-bond acceptors (Lipinski definition) is 2. The first kappa shape index (κ1) is 17.1. The number of carbonyl (C=O) groups is 1. The van der Waals surface area contributed by atoms with Crippen molar-refractivity contribution in [3.05, 3.63) is 59.2 Å². The number of aryl methyl sites for hydroxylation is 2. The molecule has 0 unspecified atom stereocenters. The van der Waals surface area contributed by atoms with Crippen LogP contribution in [0, 0.1) is 6.92 Å².